The molecule has 0 bridgehead atoms. The molecule has 0 unspecified atom stereocenters. The molecular formula is C28H22ClN3O2. The summed E-state index contributed by atoms with van der Waals surface area (Å²) in [4.78, 5) is 29.9. The van der Waals surface area contributed by atoms with E-state index >= 15 is 0 Å². The van der Waals surface area contributed by atoms with Crippen LogP contribution in [0.1, 0.15) is 38.8 Å². The summed E-state index contributed by atoms with van der Waals surface area (Å²) in [5, 5.41) is 11.2. The van der Waals surface area contributed by atoms with Crippen LogP contribution in [-0.2, 0) is 6.42 Å². The van der Waals surface area contributed by atoms with E-state index in [1.54, 1.807) is 55.5 Å². The average Bonchev–Trinajstić information content (AvgIpc) is 2.85. The number of ketones is 1. The summed E-state index contributed by atoms with van der Waals surface area (Å²) in [6, 6.07) is 25.4. The highest BCUT2D eigenvalue weighted by atomic mass is 35.5. The first kappa shape index (κ1) is 23.1. The molecule has 0 spiro atoms. The van der Waals surface area contributed by atoms with Crippen molar-refractivity contribution in [2.45, 2.75) is 13.3 Å². The molecule has 0 saturated carbocycles. The predicted octanol–water partition coefficient (Wildman–Crippen LogP) is 6.47. The highest BCUT2D eigenvalue weighted by molar-refractivity contribution is 6.30. The van der Waals surface area contributed by atoms with Gasteiger partial charge in [-0.15, -0.1) is 0 Å². The van der Waals surface area contributed by atoms with E-state index in [1.807, 2.05) is 36.4 Å². The van der Waals surface area contributed by atoms with Gasteiger partial charge in [0, 0.05) is 35.0 Å². The maximum atomic E-state index is 13.0. The lowest BCUT2D eigenvalue weighted by atomic mass is 9.94. The van der Waals surface area contributed by atoms with Gasteiger partial charge in [0.2, 0.25) is 0 Å². The number of hydrogen-bond acceptors (Lipinski definition) is 4. The maximum Gasteiger partial charge on any atom is 0.257 e. The van der Waals surface area contributed by atoms with Crippen LogP contribution in [-0.4, -0.2) is 22.4 Å². The van der Waals surface area contributed by atoms with Crippen LogP contribution in [0.2, 0.25) is 5.02 Å². The SMILES string of the molecule is CC(=N)c1ccccc1-c1ccc(C(=O)Cc2ccccc2C(=O)Nc2ccc(Cl)cn2)cc1. The molecule has 1 amide bonds. The molecule has 1 aromatic heterocycles. The van der Waals surface area contributed by atoms with Crippen molar-refractivity contribution in [2.75, 3.05) is 5.32 Å². The van der Waals surface area contributed by atoms with Crippen LogP contribution in [0.3, 0.4) is 0 Å². The van der Waals surface area contributed by atoms with Crippen molar-refractivity contribution in [1.82, 2.24) is 4.98 Å². The van der Waals surface area contributed by atoms with Gasteiger partial charge in [0.05, 0.1) is 5.02 Å². The zero-order valence-corrected chi connectivity index (χ0v) is 19.3. The third-order valence-electron chi connectivity index (χ3n) is 5.43. The topological polar surface area (TPSA) is 82.9 Å². The van der Waals surface area contributed by atoms with Gasteiger partial charge in [0.15, 0.2) is 5.78 Å². The number of rotatable bonds is 7. The minimum Gasteiger partial charge on any atom is -0.307 e. The molecule has 2 N–H and O–H groups in total. The third kappa shape index (κ3) is 5.27. The Morgan fingerprint density at radius 2 is 1.56 bits per heavy atom. The van der Waals surface area contributed by atoms with Gasteiger partial charge in [0.25, 0.3) is 5.91 Å². The van der Waals surface area contributed by atoms with Crippen molar-refractivity contribution >= 4 is 34.8 Å². The van der Waals surface area contributed by atoms with E-state index < -0.39 is 0 Å². The van der Waals surface area contributed by atoms with E-state index in [-0.39, 0.29) is 18.1 Å². The Balaban J connectivity index is 1.52. The summed E-state index contributed by atoms with van der Waals surface area (Å²) in [6.45, 7) is 1.76. The first-order chi connectivity index (χ1) is 16.4. The largest absolute Gasteiger partial charge is 0.307 e. The van der Waals surface area contributed by atoms with Crippen molar-refractivity contribution in [1.29, 1.82) is 5.41 Å². The summed E-state index contributed by atoms with van der Waals surface area (Å²) >= 11 is 5.85. The molecule has 6 heteroatoms. The molecule has 0 radical (unpaired) electrons. The van der Waals surface area contributed by atoms with E-state index in [2.05, 4.69) is 10.3 Å². The van der Waals surface area contributed by atoms with E-state index in [0.29, 0.717) is 33.2 Å². The van der Waals surface area contributed by atoms with Gasteiger partial charge in [-0.25, -0.2) is 4.98 Å². The summed E-state index contributed by atoms with van der Waals surface area (Å²) < 4.78 is 0. The molecule has 0 aliphatic rings. The van der Waals surface area contributed by atoms with Gasteiger partial charge in [0.1, 0.15) is 5.82 Å². The molecule has 0 fully saturated rings. The standard InChI is InChI=1S/C28H22ClN3O2/c1-18(30)23-7-4-5-8-24(23)19-10-12-20(13-11-19)26(33)16-21-6-2-3-9-25(21)28(34)32-27-15-14-22(29)17-31-27/h2-15,17,30H,16H2,1H3,(H,31,32,34). The first-order valence-electron chi connectivity index (χ1n) is 10.7. The van der Waals surface area contributed by atoms with E-state index in [9.17, 15) is 9.59 Å². The van der Waals surface area contributed by atoms with Gasteiger partial charge in [-0.1, -0.05) is 78.3 Å². The molecule has 0 saturated heterocycles. The predicted molar refractivity (Wildman–Crippen MR) is 136 cm³/mol. The third-order valence-corrected chi connectivity index (χ3v) is 5.65. The number of amides is 1. The summed E-state index contributed by atoms with van der Waals surface area (Å²) in [5.74, 6) is -0.0494. The number of carbonyl (C=O) groups excluding carboxylic acids is 2. The van der Waals surface area contributed by atoms with Crippen molar-refractivity contribution in [3.63, 3.8) is 0 Å². The lowest BCUT2D eigenvalue weighted by Crippen LogP contribution is -2.16. The molecule has 0 aliphatic heterocycles. The second kappa shape index (κ2) is 10.2. The molecule has 3 aromatic carbocycles. The normalized spacial score (nSPS) is 10.5. The van der Waals surface area contributed by atoms with Crippen LogP contribution in [0.15, 0.2) is 91.1 Å². The Morgan fingerprint density at radius 3 is 2.24 bits per heavy atom. The highest BCUT2D eigenvalue weighted by Gasteiger charge is 2.16. The lowest BCUT2D eigenvalue weighted by molar-refractivity contribution is 0.0992. The molecule has 34 heavy (non-hydrogen) atoms. The van der Waals surface area contributed by atoms with Crippen molar-refractivity contribution in [3.05, 3.63) is 118 Å². The fourth-order valence-corrected chi connectivity index (χ4v) is 3.81. The highest BCUT2D eigenvalue weighted by Crippen LogP contribution is 2.25. The number of benzene rings is 3. The van der Waals surface area contributed by atoms with Crippen LogP contribution in [0, 0.1) is 5.41 Å². The minimum absolute atomic E-state index is 0.0899. The Bertz CT molecular complexity index is 1360. The molecule has 4 rings (SSSR count). The van der Waals surface area contributed by atoms with Crippen LogP contribution < -0.4 is 5.32 Å². The Kier molecular flexibility index (Phi) is 6.95. The Hall–Kier alpha value is -4.09. The minimum atomic E-state index is -0.341. The molecule has 0 aliphatic carbocycles. The number of anilines is 1. The maximum absolute atomic E-state index is 13.0. The zero-order valence-electron chi connectivity index (χ0n) is 18.5. The van der Waals surface area contributed by atoms with Gasteiger partial charge in [-0.2, -0.15) is 0 Å². The summed E-state index contributed by atoms with van der Waals surface area (Å²) in [6.07, 6.45) is 1.55. The zero-order chi connectivity index (χ0) is 24.1. The molecule has 5 nitrogen and oxygen atoms in total. The number of nitrogens with zero attached hydrogens (tertiary/aromatic N) is 1. The van der Waals surface area contributed by atoms with Gasteiger partial charge < -0.3 is 10.7 Å². The number of aromatic nitrogens is 1. The van der Waals surface area contributed by atoms with E-state index in [1.165, 1.54) is 6.20 Å². The van der Waals surface area contributed by atoms with Crippen molar-refractivity contribution in [3.8, 4) is 11.1 Å². The van der Waals surface area contributed by atoms with E-state index in [0.717, 1.165) is 16.7 Å². The van der Waals surface area contributed by atoms with Crippen molar-refractivity contribution < 1.29 is 9.59 Å². The molecule has 1 heterocycles. The van der Waals surface area contributed by atoms with Crippen LogP contribution in [0.4, 0.5) is 5.82 Å². The number of nitrogens with one attached hydrogen (secondary N) is 2. The van der Waals surface area contributed by atoms with Crippen molar-refractivity contribution in [2.24, 2.45) is 0 Å². The number of carbonyl (C=O) groups is 2. The van der Waals surface area contributed by atoms with Gasteiger partial charge in [-0.05, 0) is 41.8 Å². The quantitative estimate of drug-likeness (QED) is 0.241. The molecule has 0 atom stereocenters. The fraction of sp³-hybridized carbons (Fsp3) is 0.0714. The van der Waals surface area contributed by atoms with Crippen LogP contribution in [0.5, 0.6) is 0 Å². The smallest absolute Gasteiger partial charge is 0.257 e. The average molecular weight is 468 g/mol. The Morgan fingerprint density at radius 1 is 0.882 bits per heavy atom. The fourth-order valence-electron chi connectivity index (χ4n) is 3.70. The molecule has 4 aromatic rings. The number of hydrogen-bond donors (Lipinski definition) is 2. The van der Waals surface area contributed by atoms with Gasteiger partial charge in [-0.3, -0.25) is 9.59 Å². The van der Waals surface area contributed by atoms with Gasteiger partial charge >= 0.3 is 0 Å². The number of halogens is 1. The second-order valence-corrected chi connectivity index (χ2v) is 8.26. The van der Waals surface area contributed by atoms with Crippen LogP contribution >= 0.6 is 11.6 Å². The second-order valence-electron chi connectivity index (χ2n) is 7.82. The van der Waals surface area contributed by atoms with Crippen LogP contribution in [0.25, 0.3) is 11.1 Å². The molecule has 168 valence electrons. The molecular weight excluding hydrogens is 446 g/mol. The Labute approximate surface area is 203 Å². The lowest BCUT2D eigenvalue weighted by Gasteiger charge is -2.11. The summed E-state index contributed by atoms with van der Waals surface area (Å²) in [5.41, 5.74) is 4.84. The monoisotopic (exact) mass is 467 g/mol. The number of Topliss-reactive ketones (excluding diaryl/α,β-unsaturated/α-hetero) is 1. The summed E-state index contributed by atoms with van der Waals surface area (Å²) in [7, 11) is 0. The van der Waals surface area contributed by atoms with E-state index in [4.69, 9.17) is 17.0 Å². The first-order valence-corrected chi connectivity index (χ1v) is 11.1. The number of pyridine rings is 1.